The molecule has 2 unspecified atom stereocenters. The highest BCUT2D eigenvalue weighted by Gasteiger charge is 2.33. The van der Waals surface area contributed by atoms with Gasteiger partial charge in [0.2, 0.25) is 10.0 Å². The number of hydrogen-bond donors (Lipinski definition) is 0. The van der Waals surface area contributed by atoms with Gasteiger partial charge in [0, 0.05) is 25.0 Å². The van der Waals surface area contributed by atoms with Crippen molar-refractivity contribution in [1.82, 2.24) is 4.31 Å². The van der Waals surface area contributed by atoms with E-state index < -0.39 is 10.0 Å². The van der Waals surface area contributed by atoms with Gasteiger partial charge in [-0.3, -0.25) is 0 Å². The molecule has 0 amide bonds. The Morgan fingerprint density at radius 2 is 2.25 bits per heavy atom. The second-order valence-corrected chi connectivity index (χ2v) is 6.53. The lowest BCUT2D eigenvalue weighted by molar-refractivity contribution is -0.0140. The fraction of sp³-hybridized carbons (Fsp3) is 1.00. The highest BCUT2D eigenvalue weighted by atomic mass is 79.9. The largest absolute Gasteiger partial charge is 0.384 e. The van der Waals surface area contributed by atoms with Crippen LogP contribution in [0.5, 0.6) is 0 Å². The van der Waals surface area contributed by atoms with Crippen LogP contribution in [0.3, 0.4) is 0 Å². The third kappa shape index (κ3) is 3.66. The highest BCUT2D eigenvalue weighted by molar-refractivity contribution is 9.09. The maximum atomic E-state index is 12.0. The van der Waals surface area contributed by atoms with Crippen LogP contribution in [0.25, 0.3) is 0 Å². The zero-order valence-corrected chi connectivity index (χ0v) is 12.0. The fourth-order valence-corrected chi connectivity index (χ4v) is 3.58. The first-order chi connectivity index (χ1) is 7.51. The number of alkyl halides is 1. The number of halogens is 1. The van der Waals surface area contributed by atoms with Crippen molar-refractivity contribution in [3.63, 3.8) is 0 Å². The van der Waals surface area contributed by atoms with Gasteiger partial charge in [0.25, 0.3) is 0 Å². The lowest BCUT2D eigenvalue weighted by atomic mass is 10.2. The zero-order chi connectivity index (χ0) is 12.2. The molecule has 0 N–H and O–H groups in total. The topological polar surface area (TPSA) is 55.8 Å². The summed E-state index contributed by atoms with van der Waals surface area (Å²) in [4.78, 5) is 0. The zero-order valence-electron chi connectivity index (χ0n) is 9.56. The van der Waals surface area contributed by atoms with Crippen LogP contribution < -0.4 is 0 Å². The van der Waals surface area contributed by atoms with Crippen molar-refractivity contribution >= 4 is 26.0 Å². The Kier molecular flexibility index (Phi) is 5.66. The predicted octanol–water partition coefficient (Wildman–Crippen LogP) is 0.447. The molecule has 2 atom stereocenters. The maximum absolute atomic E-state index is 12.0. The molecule has 96 valence electrons. The number of ether oxygens (including phenoxy) is 2. The first-order valence-corrected chi connectivity index (χ1v) is 7.90. The van der Waals surface area contributed by atoms with Gasteiger partial charge in [0.15, 0.2) is 0 Å². The minimum atomic E-state index is -3.23. The number of nitrogens with zero attached hydrogens (tertiary/aromatic N) is 1. The summed E-state index contributed by atoms with van der Waals surface area (Å²) in [6, 6.07) is -0.0999. The van der Waals surface area contributed by atoms with Gasteiger partial charge >= 0.3 is 0 Å². The Morgan fingerprint density at radius 1 is 1.56 bits per heavy atom. The molecule has 0 radical (unpaired) electrons. The molecular formula is C9H18BrNO4S. The van der Waals surface area contributed by atoms with E-state index >= 15 is 0 Å². The molecule has 5 nitrogen and oxygen atoms in total. The predicted molar refractivity (Wildman–Crippen MR) is 65.4 cm³/mol. The first-order valence-electron chi connectivity index (χ1n) is 5.17. The van der Waals surface area contributed by atoms with Crippen LogP contribution in [-0.2, 0) is 19.5 Å². The average molecular weight is 316 g/mol. The molecule has 1 aliphatic rings. The van der Waals surface area contributed by atoms with Gasteiger partial charge in [-0.2, -0.15) is 4.31 Å². The smallest absolute Gasteiger partial charge is 0.216 e. The first kappa shape index (κ1) is 14.4. The van der Waals surface area contributed by atoms with Crippen LogP contribution in [0.2, 0.25) is 0 Å². The lowest BCUT2D eigenvalue weighted by Gasteiger charge is -2.36. The monoisotopic (exact) mass is 315 g/mol. The Morgan fingerprint density at radius 3 is 2.81 bits per heavy atom. The molecule has 0 saturated carbocycles. The van der Waals surface area contributed by atoms with Crippen LogP contribution >= 0.6 is 15.9 Å². The molecule has 16 heavy (non-hydrogen) atoms. The molecular weight excluding hydrogens is 298 g/mol. The second-order valence-electron chi connectivity index (χ2n) is 3.84. The summed E-state index contributed by atoms with van der Waals surface area (Å²) in [6.45, 7) is 2.95. The number of sulfonamides is 1. The van der Waals surface area contributed by atoms with Crippen LogP contribution in [0.1, 0.15) is 6.92 Å². The van der Waals surface area contributed by atoms with Crippen molar-refractivity contribution in [2.24, 2.45) is 0 Å². The third-order valence-electron chi connectivity index (χ3n) is 2.52. The number of morpholine rings is 1. The average Bonchev–Trinajstić information content (AvgIpc) is 2.27. The SMILES string of the molecule is COCCS(=O)(=O)N1CC(CBr)OCC1C. The van der Waals surface area contributed by atoms with E-state index in [1.165, 1.54) is 11.4 Å². The van der Waals surface area contributed by atoms with Crippen molar-refractivity contribution in [2.45, 2.75) is 19.1 Å². The van der Waals surface area contributed by atoms with Crippen molar-refractivity contribution in [3.05, 3.63) is 0 Å². The van der Waals surface area contributed by atoms with E-state index in [-0.39, 0.29) is 24.5 Å². The van der Waals surface area contributed by atoms with Gasteiger partial charge in [-0.1, -0.05) is 15.9 Å². The second kappa shape index (κ2) is 6.30. The molecule has 0 spiro atoms. The Bertz CT molecular complexity index is 309. The van der Waals surface area contributed by atoms with E-state index in [0.29, 0.717) is 18.5 Å². The summed E-state index contributed by atoms with van der Waals surface area (Å²) >= 11 is 3.31. The molecule has 1 fully saturated rings. The van der Waals surface area contributed by atoms with Gasteiger partial charge in [0.1, 0.15) is 0 Å². The van der Waals surface area contributed by atoms with Gasteiger partial charge < -0.3 is 9.47 Å². The summed E-state index contributed by atoms with van der Waals surface area (Å²) in [5, 5.41) is 0.649. The summed E-state index contributed by atoms with van der Waals surface area (Å²) < 4.78 is 35.8. The summed E-state index contributed by atoms with van der Waals surface area (Å²) in [6.07, 6.45) is -0.0616. The fourth-order valence-electron chi connectivity index (χ4n) is 1.58. The van der Waals surface area contributed by atoms with E-state index in [1.807, 2.05) is 6.92 Å². The lowest BCUT2D eigenvalue weighted by Crippen LogP contribution is -2.52. The third-order valence-corrected chi connectivity index (χ3v) is 5.15. The summed E-state index contributed by atoms with van der Waals surface area (Å²) in [7, 11) is -1.73. The van der Waals surface area contributed by atoms with Gasteiger partial charge in [-0.25, -0.2) is 8.42 Å². The quantitative estimate of drug-likeness (QED) is 0.691. The van der Waals surface area contributed by atoms with Crippen LogP contribution in [-0.4, -0.2) is 62.8 Å². The molecule has 1 saturated heterocycles. The molecule has 1 rings (SSSR count). The Balaban J connectivity index is 2.68. The molecule has 0 bridgehead atoms. The van der Waals surface area contributed by atoms with E-state index in [1.54, 1.807) is 0 Å². The minimum Gasteiger partial charge on any atom is -0.384 e. The number of rotatable bonds is 5. The van der Waals surface area contributed by atoms with E-state index in [4.69, 9.17) is 9.47 Å². The molecule has 7 heteroatoms. The Hall–Kier alpha value is 0.310. The van der Waals surface area contributed by atoms with E-state index in [0.717, 1.165) is 0 Å². The molecule has 0 aromatic heterocycles. The minimum absolute atomic E-state index is 0.0306. The van der Waals surface area contributed by atoms with Crippen molar-refractivity contribution in [2.75, 3.05) is 38.0 Å². The van der Waals surface area contributed by atoms with Crippen LogP contribution in [0, 0.1) is 0 Å². The normalized spacial score (nSPS) is 28.2. The highest BCUT2D eigenvalue weighted by Crippen LogP contribution is 2.17. The van der Waals surface area contributed by atoms with Gasteiger partial charge in [0.05, 0.1) is 25.1 Å². The van der Waals surface area contributed by atoms with Crippen LogP contribution in [0.15, 0.2) is 0 Å². The molecule has 1 aliphatic heterocycles. The Labute approximate surface area is 105 Å². The van der Waals surface area contributed by atoms with Crippen molar-refractivity contribution < 1.29 is 17.9 Å². The van der Waals surface area contributed by atoms with Crippen molar-refractivity contribution in [1.29, 1.82) is 0 Å². The summed E-state index contributed by atoms with van der Waals surface area (Å²) in [5.74, 6) is 0.0306. The maximum Gasteiger partial charge on any atom is 0.216 e. The number of hydrogen-bond acceptors (Lipinski definition) is 4. The van der Waals surface area contributed by atoms with E-state index in [9.17, 15) is 8.42 Å². The van der Waals surface area contributed by atoms with Crippen LogP contribution in [0.4, 0.5) is 0 Å². The molecule has 0 aromatic carbocycles. The molecule has 0 aromatic rings. The molecule has 1 heterocycles. The number of methoxy groups -OCH3 is 1. The van der Waals surface area contributed by atoms with Crippen molar-refractivity contribution in [3.8, 4) is 0 Å². The van der Waals surface area contributed by atoms with Gasteiger partial charge in [-0.15, -0.1) is 0 Å². The standard InChI is InChI=1S/C9H18BrNO4S/c1-8-7-15-9(5-10)6-11(8)16(12,13)4-3-14-2/h8-9H,3-7H2,1-2H3. The van der Waals surface area contributed by atoms with Gasteiger partial charge in [-0.05, 0) is 6.92 Å². The molecule has 0 aliphatic carbocycles. The summed E-state index contributed by atoms with van der Waals surface area (Å²) in [5.41, 5.74) is 0. The van der Waals surface area contributed by atoms with E-state index in [2.05, 4.69) is 15.9 Å².